The zero-order valence-electron chi connectivity index (χ0n) is 11.0. The molecule has 0 aliphatic heterocycles. The van der Waals surface area contributed by atoms with Crippen molar-refractivity contribution in [1.29, 1.82) is 0 Å². The van der Waals surface area contributed by atoms with E-state index in [0.717, 1.165) is 16.9 Å². The molecule has 1 N–H and O–H groups in total. The third kappa shape index (κ3) is 3.63. The second-order valence-electron chi connectivity index (χ2n) is 4.28. The number of pyridine rings is 1. The Kier molecular flexibility index (Phi) is 4.26. The summed E-state index contributed by atoms with van der Waals surface area (Å²) in [4.78, 5) is 16.1. The van der Waals surface area contributed by atoms with E-state index in [2.05, 4.69) is 10.3 Å². The molecule has 1 heterocycles. The summed E-state index contributed by atoms with van der Waals surface area (Å²) in [5.41, 5.74) is 3.20. The molecule has 2 rings (SSSR count). The van der Waals surface area contributed by atoms with Crippen molar-refractivity contribution in [3.05, 3.63) is 59.4 Å². The van der Waals surface area contributed by atoms with Crippen molar-refractivity contribution < 1.29 is 9.53 Å². The van der Waals surface area contributed by atoms with Gasteiger partial charge in [-0.15, -0.1) is 0 Å². The van der Waals surface area contributed by atoms with Crippen LogP contribution in [-0.2, 0) is 11.3 Å². The number of hydrogen-bond donors (Lipinski definition) is 1. The number of carbonyl (C=O) groups excluding carboxylic acids is 1. The van der Waals surface area contributed by atoms with Crippen LogP contribution in [0.1, 0.15) is 21.6 Å². The average Bonchev–Trinajstić information content (AvgIpc) is 2.40. The van der Waals surface area contributed by atoms with E-state index >= 15 is 0 Å². The largest absolute Gasteiger partial charge is 0.380 e. The molecule has 0 saturated carbocycles. The van der Waals surface area contributed by atoms with Gasteiger partial charge in [-0.25, -0.2) is 0 Å². The van der Waals surface area contributed by atoms with Crippen molar-refractivity contribution in [2.75, 3.05) is 12.4 Å². The molecule has 0 saturated heterocycles. The van der Waals surface area contributed by atoms with Crippen LogP contribution in [0.2, 0.25) is 0 Å². The molecule has 1 amide bonds. The van der Waals surface area contributed by atoms with Crippen molar-refractivity contribution in [3.63, 3.8) is 0 Å². The first kappa shape index (κ1) is 13.2. The first-order chi connectivity index (χ1) is 9.19. The second-order valence-corrected chi connectivity index (χ2v) is 4.28. The van der Waals surface area contributed by atoms with Gasteiger partial charge in [0.05, 0.1) is 12.2 Å². The van der Waals surface area contributed by atoms with Gasteiger partial charge in [0.25, 0.3) is 5.91 Å². The summed E-state index contributed by atoms with van der Waals surface area (Å²) in [7, 11) is 1.64. The molecule has 19 heavy (non-hydrogen) atoms. The summed E-state index contributed by atoms with van der Waals surface area (Å²) in [6.07, 6.45) is 1.57. The summed E-state index contributed by atoms with van der Waals surface area (Å²) >= 11 is 0. The molecule has 1 aromatic heterocycles. The van der Waals surface area contributed by atoms with Gasteiger partial charge in [-0.05, 0) is 36.8 Å². The highest BCUT2D eigenvalue weighted by molar-refractivity contribution is 6.04. The summed E-state index contributed by atoms with van der Waals surface area (Å²) in [6.45, 7) is 2.41. The normalized spacial score (nSPS) is 10.2. The molecular formula is C15H16N2O2. The predicted octanol–water partition coefficient (Wildman–Crippen LogP) is 2.79. The lowest BCUT2D eigenvalue weighted by atomic mass is 10.2. The van der Waals surface area contributed by atoms with E-state index in [-0.39, 0.29) is 5.91 Å². The number of anilines is 1. The Morgan fingerprint density at radius 2 is 2.16 bits per heavy atom. The number of amides is 1. The minimum Gasteiger partial charge on any atom is -0.380 e. The van der Waals surface area contributed by atoms with Gasteiger partial charge in [-0.2, -0.15) is 0 Å². The van der Waals surface area contributed by atoms with Crippen molar-refractivity contribution in [2.24, 2.45) is 0 Å². The lowest BCUT2D eigenvalue weighted by Gasteiger charge is -2.07. The molecule has 0 aliphatic carbocycles. The van der Waals surface area contributed by atoms with Crippen molar-refractivity contribution in [2.45, 2.75) is 13.5 Å². The maximum Gasteiger partial charge on any atom is 0.257 e. The third-order valence-corrected chi connectivity index (χ3v) is 2.67. The molecule has 0 fully saturated rings. The number of methoxy groups -OCH3 is 1. The van der Waals surface area contributed by atoms with Gasteiger partial charge in [0.15, 0.2) is 0 Å². The van der Waals surface area contributed by atoms with Gasteiger partial charge in [0, 0.05) is 24.7 Å². The molecule has 2 aromatic rings. The lowest BCUT2D eigenvalue weighted by molar-refractivity contribution is 0.102. The zero-order chi connectivity index (χ0) is 13.7. The van der Waals surface area contributed by atoms with E-state index in [1.165, 1.54) is 0 Å². The minimum atomic E-state index is -0.165. The number of hydrogen-bond acceptors (Lipinski definition) is 3. The number of nitrogens with zero attached hydrogens (tertiary/aromatic N) is 1. The maximum atomic E-state index is 12.0. The quantitative estimate of drug-likeness (QED) is 0.915. The molecule has 98 valence electrons. The fourth-order valence-electron chi connectivity index (χ4n) is 1.71. The highest BCUT2D eigenvalue weighted by Crippen LogP contribution is 2.13. The van der Waals surface area contributed by atoms with Crippen molar-refractivity contribution >= 4 is 11.6 Å². The Morgan fingerprint density at radius 3 is 2.84 bits per heavy atom. The van der Waals surface area contributed by atoms with Gasteiger partial charge in [0.1, 0.15) is 0 Å². The second kappa shape index (κ2) is 6.11. The Labute approximate surface area is 112 Å². The molecule has 4 nitrogen and oxygen atoms in total. The third-order valence-electron chi connectivity index (χ3n) is 2.67. The van der Waals surface area contributed by atoms with Crippen LogP contribution in [0, 0.1) is 6.92 Å². The van der Waals surface area contributed by atoms with E-state index in [1.807, 2.05) is 37.3 Å². The summed E-state index contributed by atoms with van der Waals surface area (Å²) in [5.74, 6) is -0.165. The fraction of sp³-hybridized carbons (Fsp3) is 0.200. The number of aromatic nitrogens is 1. The number of ether oxygens (including phenoxy) is 1. The van der Waals surface area contributed by atoms with Gasteiger partial charge in [0.2, 0.25) is 0 Å². The molecule has 0 unspecified atom stereocenters. The van der Waals surface area contributed by atoms with Crippen molar-refractivity contribution in [3.8, 4) is 0 Å². The summed E-state index contributed by atoms with van der Waals surface area (Å²) in [6, 6.07) is 11.2. The Morgan fingerprint density at radius 1 is 1.32 bits per heavy atom. The van der Waals surface area contributed by atoms with Crippen LogP contribution in [0.3, 0.4) is 0 Å². The van der Waals surface area contributed by atoms with Gasteiger partial charge in [-0.3, -0.25) is 9.78 Å². The van der Waals surface area contributed by atoms with Crippen LogP contribution in [0.5, 0.6) is 0 Å². The molecule has 0 radical (unpaired) electrons. The van der Waals surface area contributed by atoms with Gasteiger partial charge < -0.3 is 10.1 Å². The summed E-state index contributed by atoms with van der Waals surface area (Å²) < 4.78 is 5.06. The van der Waals surface area contributed by atoms with E-state index < -0.39 is 0 Å². The van der Waals surface area contributed by atoms with E-state index in [1.54, 1.807) is 19.4 Å². The lowest BCUT2D eigenvalue weighted by Crippen LogP contribution is -2.12. The van der Waals surface area contributed by atoms with E-state index in [4.69, 9.17) is 4.74 Å². The number of rotatable bonds is 4. The summed E-state index contributed by atoms with van der Waals surface area (Å²) in [5, 5.41) is 2.84. The Balaban J connectivity index is 2.10. The Bertz CT molecular complexity index is 565. The van der Waals surface area contributed by atoms with Gasteiger partial charge in [-0.1, -0.05) is 12.1 Å². The molecule has 0 aliphatic rings. The highest BCUT2D eigenvalue weighted by atomic mass is 16.5. The molecule has 0 spiro atoms. The molecule has 4 heteroatoms. The number of nitrogens with one attached hydrogen (secondary N) is 1. The van der Waals surface area contributed by atoms with Crippen LogP contribution in [-0.4, -0.2) is 18.0 Å². The predicted molar refractivity (Wildman–Crippen MR) is 74.1 cm³/mol. The average molecular weight is 256 g/mol. The first-order valence-electron chi connectivity index (χ1n) is 6.01. The molecule has 0 atom stereocenters. The monoisotopic (exact) mass is 256 g/mol. The van der Waals surface area contributed by atoms with Crippen LogP contribution in [0.15, 0.2) is 42.6 Å². The standard InChI is InChI=1S/C15H16N2O2/c1-11-6-7-13(9-16-11)15(18)17-14-5-3-4-12(8-14)10-19-2/h3-9H,10H2,1-2H3,(H,17,18). The maximum absolute atomic E-state index is 12.0. The topological polar surface area (TPSA) is 51.2 Å². The fourth-order valence-corrected chi connectivity index (χ4v) is 1.71. The smallest absolute Gasteiger partial charge is 0.257 e. The zero-order valence-corrected chi connectivity index (χ0v) is 11.0. The van der Waals surface area contributed by atoms with E-state index in [9.17, 15) is 4.79 Å². The minimum absolute atomic E-state index is 0.165. The van der Waals surface area contributed by atoms with Gasteiger partial charge >= 0.3 is 0 Å². The van der Waals surface area contributed by atoms with Crippen molar-refractivity contribution in [1.82, 2.24) is 4.98 Å². The number of aryl methyl sites for hydroxylation is 1. The van der Waals surface area contributed by atoms with E-state index in [0.29, 0.717) is 12.2 Å². The molecule has 0 bridgehead atoms. The Hall–Kier alpha value is -2.20. The van der Waals surface area contributed by atoms with Crippen LogP contribution < -0.4 is 5.32 Å². The van der Waals surface area contributed by atoms with Crippen LogP contribution in [0.4, 0.5) is 5.69 Å². The first-order valence-corrected chi connectivity index (χ1v) is 6.01. The van der Waals surface area contributed by atoms with Crippen LogP contribution >= 0.6 is 0 Å². The van der Waals surface area contributed by atoms with Crippen LogP contribution in [0.25, 0.3) is 0 Å². The number of carbonyl (C=O) groups is 1. The highest BCUT2D eigenvalue weighted by Gasteiger charge is 2.06. The molecular weight excluding hydrogens is 240 g/mol. The number of benzene rings is 1. The molecule has 1 aromatic carbocycles. The SMILES string of the molecule is COCc1cccc(NC(=O)c2ccc(C)nc2)c1.